The number of nitrogens with one attached hydrogen (secondary N) is 2. The molecule has 9 nitrogen and oxygen atoms in total. The lowest BCUT2D eigenvalue weighted by molar-refractivity contribution is 0.102. The van der Waals surface area contributed by atoms with E-state index in [-0.39, 0.29) is 5.91 Å². The molecular weight excluding hydrogens is 360 g/mol. The number of aryl methyl sites for hydroxylation is 1. The van der Waals surface area contributed by atoms with Crippen LogP contribution in [0, 0.1) is 0 Å². The van der Waals surface area contributed by atoms with Gasteiger partial charge in [0.05, 0.1) is 29.8 Å². The van der Waals surface area contributed by atoms with E-state index in [0.29, 0.717) is 23.9 Å². The number of aromatic nitrogens is 3. The zero-order valence-corrected chi connectivity index (χ0v) is 16.5. The number of anilines is 1. The lowest BCUT2D eigenvalue weighted by atomic mass is 9.93. The summed E-state index contributed by atoms with van der Waals surface area (Å²) in [6.45, 7) is 1.55. The second-order valence-electron chi connectivity index (χ2n) is 6.84. The van der Waals surface area contributed by atoms with Gasteiger partial charge in [0.15, 0.2) is 5.69 Å². The van der Waals surface area contributed by atoms with Crippen LogP contribution in [0.1, 0.15) is 41.0 Å². The molecular formula is C19H26N6O3. The summed E-state index contributed by atoms with van der Waals surface area (Å²) >= 11 is 0. The third-order valence-corrected chi connectivity index (χ3v) is 4.38. The lowest BCUT2D eigenvalue weighted by Crippen LogP contribution is -2.19. The number of carbonyl (C=O) groups is 1. The quantitative estimate of drug-likeness (QED) is 0.532. The normalized spacial score (nSPS) is 14.8. The van der Waals surface area contributed by atoms with Gasteiger partial charge < -0.3 is 19.8 Å². The second kappa shape index (κ2) is 9.32. The molecule has 3 rings (SSSR count). The van der Waals surface area contributed by atoms with Gasteiger partial charge in [-0.3, -0.25) is 9.89 Å². The maximum atomic E-state index is 12.7. The van der Waals surface area contributed by atoms with E-state index in [2.05, 4.69) is 30.6 Å². The Kier molecular flexibility index (Phi) is 6.59. The van der Waals surface area contributed by atoms with E-state index >= 15 is 0 Å². The topological polar surface area (TPSA) is 105 Å². The van der Waals surface area contributed by atoms with Crippen molar-refractivity contribution < 1.29 is 14.4 Å². The van der Waals surface area contributed by atoms with E-state index in [1.807, 2.05) is 14.1 Å². The van der Waals surface area contributed by atoms with Gasteiger partial charge in [0.2, 0.25) is 5.88 Å². The van der Waals surface area contributed by atoms with E-state index in [1.54, 1.807) is 18.3 Å². The fraction of sp³-hybridized carbons (Fsp3) is 0.474. The first-order valence-corrected chi connectivity index (χ1v) is 9.31. The number of carbonyl (C=O) groups excluding carboxylic acids is 1. The molecule has 9 heteroatoms. The van der Waals surface area contributed by atoms with Crippen molar-refractivity contribution >= 4 is 17.3 Å². The highest BCUT2D eigenvalue weighted by atomic mass is 16.6. The molecule has 0 fully saturated rings. The average Bonchev–Trinajstić information content (AvgIpc) is 3.12. The zero-order valence-electron chi connectivity index (χ0n) is 16.5. The summed E-state index contributed by atoms with van der Waals surface area (Å²) in [6.07, 6.45) is 5.02. The minimum atomic E-state index is -0.315. The minimum absolute atomic E-state index is 0.314. The summed E-state index contributed by atoms with van der Waals surface area (Å²) in [5.74, 6) is 0.216. The van der Waals surface area contributed by atoms with Gasteiger partial charge >= 0.3 is 0 Å². The van der Waals surface area contributed by atoms with Crippen molar-refractivity contribution in [3.05, 3.63) is 35.3 Å². The first-order valence-electron chi connectivity index (χ1n) is 9.31. The van der Waals surface area contributed by atoms with E-state index < -0.39 is 0 Å². The second-order valence-corrected chi connectivity index (χ2v) is 6.84. The summed E-state index contributed by atoms with van der Waals surface area (Å²) in [7, 11) is 5.55. The third kappa shape index (κ3) is 4.86. The molecule has 2 aromatic heterocycles. The van der Waals surface area contributed by atoms with Gasteiger partial charge in [-0.2, -0.15) is 5.10 Å². The van der Waals surface area contributed by atoms with Crippen LogP contribution in [0.3, 0.4) is 0 Å². The molecule has 2 aromatic rings. The van der Waals surface area contributed by atoms with Crippen molar-refractivity contribution in [2.24, 2.45) is 5.16 Å². The Labute approximate surface area is 164 Å². The number of pyridine rings is 1. The summed E-state index contributed by atoms with van der Waals surface area (Å²) in [4.78, 5) is 24.0. The molecule has 0 unspecified atom stereocenters. The molecule has 1 amide bonds. The standard InChI is InChI=1S/C19H26N6O3/c1-25(2)10-5-11-28-16-9-8-13(12-20-16)21-19(26)18-17-14(22-23-18)6-4-7-15(17)24-27-3/h8-9,12H,4-7,10-11H2,1-3H3,(H,21,26)(H,22,23)/b24-15+. The Hall–Kier alpha value is -2.94. The number of oxime groups is 1. The van der Waals surface area contributed by atoms with Crippen LogP contribution < -0.4 is 10.1 Å². The number of aromatic amines is 1. The van der Waals surface area contributed by atoms with Crippen molar-refractivity contribution in [3.8, 4) is 5.88 Å². The Morgan fingerprint density at radius 1 is 1.36 bits per heavy atom. The van der Waals surface area contributed by atoms with Crippen molar-refractivity contribution in [1.82, 2.24) is 20.1 Å². The van der Waals surface area contributed by atoms with Gasteiger partial charge in [-0.15, -0.1) is 0 Å². The largest absolute Gasteiger partial charge is 0.478 e. The molecule has 0 atom stereocenters. The Balaban J connectivity index is 1.63. The van der Waals surface area contributed by atoms with Crippen LogP contribution in [-0.2, 0) is 11.3 Å². The van der Waals surface area contributed by atoms with E-state index in [1.165, 1.54) is 7.11 Å². The Morgan fingerprint density at radius 2 is 2.21 bits per heavy atom. The third-order valence-electron chi connectivity index (χ3n) is 4.38. The zero-order chi connectivity index (χ0) is 19.9. The van der Waals surface area contributed by atoms with Crippen molar-refractivity contribution in [1.29, 1.82) is 0 Å². The predicted molar refractivity (Wildman–Crippen MR) is 106 cm³/mol. The lowest BCUT2D eigenvalue weighted by Gasteiger charge is -2.13. The van der Waals surface area contributed by atoms with Gasteiger partial charge in [-0.1, -0.05) is 5.16 Å². The minimum Gasteiger partial charge on any atom is -0.478 e. The van der Waals surface area contributed by atoms with Crippen LogP contribution >= 0.6 is 0 Å². The summed E-state index contributed by atoms with van der Waals surface area (Å²) in [6, 6.07) is 3.50. The van der Waals surface area contributed by atoms with Crippen LogP contribution in [0.25, 0.3) is 0 Å². The summed E-state index contributed by atoms with van der Waals surface area (Å²) in [5, 5.41) is 14.0. The molecule has 2 N–H and O–H groups in total. The fourth-order valence-corrected chi connectivity index (χ4v) is 3.08. The number of fused-ring (bicyclic) bond motifs is 1. The maximum Gasteiger partial charge on any atom is 0.276 e. The fourth-order valence-electron chi connectivity index (χ4n) is 3.08. The smallest absolute Gasteiger partial charge is 0.276 e. The van der Waals surface area contributed by atoms with Crippen LogP contribution in [0.4, 0.5) is 5.69 Å². The SMILES string of the molecule is CO/N=C1\CCCc2[nH]nc(C(=O)Nc3ccc(OCCCN(C)C)nc3)c21. The molecule has 1 aliphatic carbocycles. The summed E-state index contributed by atoms with van der Waals surface area (Å²) < 4.78 is 5.61. The Bertz CT molecular complexity index is 829. The van der Waals surface area contributed by atoms with Crippen molar-refractivity contribution in [2.75, 3.05) is 39.7 Å². The highest BCUT2D eigenvalue weighted by Gasteiger charge is 2.27. The van der Waals surface area contributed by atoms with Gasteiger partial charge in [-0.05, 0) is 45.8 Å². The first kappa shape index (κ1) is 19.8. The highest BCUT2D eigenvalue weighted by molar-refractivity contribution is 6.13. The molecule has 0 bridgehead atoms. The van der Waals surface area contributed by atoms with Gasteiger partial charge in [-0.25, -0.2) is 4.98 Å². The number of ether oxygens (including phenoxy) is 1. The number of hydrogen-bond acceptors (Lipinski definition) is 7. The maximum absolute atomic E-state index is 12.7. The van der Waals surface area contributed by atoms with Crippen molar-refractivity contribution in [3.63, 3.8) is 0 Å². The highest BCUT2D eigenvalue weighted by Crippen LogP contribution is 2.24. The van der Waals surface area contributed by atoms with Gasteiger partial charge in [0, 0.05) is 18.3 Å². The average molecular weight is 386 g/mol. The molecule has 0 aliphatic heterocycles. The number of nitrogens with zero attached hydrogens (tertiary/aromatic N) is 4. The molecule has 2 heterocycles. The number of rotatable bonds is 8. The molecule has 150 valence electrons. The molecule has 0 spiro atoms. The Morgan fingerprint density at radius 3 is 2.93 bits per heavy atom. The molecule has 28 heavy (non-hydrogen) atoms. The first-order chi connectivity index (χ1) is 13.6. The van der Waals surface area contributed by atoms with Gasteiger partial charge in [0.25, 0.3) is 5.91 Å². The molecule has 0 aromatic carbocycles. The van der Waals surface area contributed by atoms with Crippen molar-refractivity contribution in [2.45, 2.75) is 25.7 Å². The van der Waals surface area contributed by atoms with Gasteiger partial charge in [0.1, 0.15) is 7.11 Å². The van der Waals surface area contributed by atoms with Crippen LogP contribution in [0.15, 0.2) is 23.5 Å². The van der Waals surface area contributed by atoms with Crippen LogP contribution in [-0.4, -0.2) is 66.1 Å². The monoisotopic (exact) mass is 386 g/mol. The molecule has 0 saturated heterocycles. The number of H-pyrrole nitrogens is 1. The summed E-state index contributed by atoms with van der Waals surface area (Å²) in [5.41, 5.74) is 3.27. The number of hydrogen-bond donors (Lipinski definition) is 2. The molecule has 0 saturated carbocycles. The van der Waals surface area contributed by atoms with E-state index in [4.69, 9.17) is 9.57 Å². The van der Waals surface area contributed by atoms with Crippen LogP contribution in [0.2, 0.25) is 0 Å². The number of amides is 1. The van der Waals surface area contributed by atoms with E-state index in [0.717, 1.165) is 49.2 Å². The predicted octanol–water partition coefficient (Wildman–Crippen LogP) is 2.07. The van der Waals surface area contributed by atoms with E-state index in [9.17, 15) is 4.79 Å². The molecule has 1 aliphatic rings. The molecule has 0 radical (unpaired) electrons. The van der Waals surface area contributed by atoms with Crippen LogP contribution in [0.5, 0.6) is 5.88 Å².